The number of Topliss-reactive ketones (excluding diaryl/α,β-unsaturated/α-hetero) is 1. The first-order valence-electron chi connectivity index (χ1n) is 5.38. The molecular weight excluding hydrogens is 176 g/mol. The first-order valence-corrected chi connectivity index (χ1v) is 5.38. The molecule has 3 heteroatoms. The number of hydrogen-bond donors (Lipinski definition) is 0. The fraction of sp³-hybridized carbons (Fsp3) is 0.636. The third kappa shape index (κ3) is 1.11. The van der Waals surface area contributed by atoms with Gasteiger partial charge in [0.15, 0.2) is 5.78 Å². The van der Waals surface area contributed by atoms with Crippen molar-refractivity contribution in [3.05, 3.63) is 17.5 Å². The van der Waals surface area contributed by atoms with Gasteiger partial charge in [-0.15, -0.1) is 0 Å². The lowest BCUT2D eigenvalue weighted by Crippen LogP contribution is -2.06. The molecule has 2 heterocycles. The molecule has 1 aromatic heterocycles. The number of nitrogens with zero attached hydrogens (tertiary/aromatic N) is 2. The van der Waals surface area contributed by atoms with Crippen LogP contribution >= 0.6 is 0 Å². The summed E-state index contributed by atoms with van der Waals surface area (Å²) in [7, 11) is 0. The van der Waals surface area contributed by atoms with Gasteiger partial charge in [0.1, 0.15) is 5.69 Å². The van der Waals surface area contributed by atoms with E-state index in [0.717, 1.165) is 19.3 Å². The Morgan fingerprint density at radius 2 is 2.29 bits per heavy atom. The maximum atomic E-state index is 11.7. The second-order valence-corrected chi connectivity index (χ2v) is 4.49. The van der Waals surface area contributed by atoms with Crippen molar-refractivity contribution in [1.82, 2.24) is 9.78 Å². The maximum Gasteiger partial charge on any atom is 0.186 e. The van der Waals surface area contributed by atoms with E-state index in [9.17, 15) is 4.79 Å². The van der Waals surface area contributed by atoms with Crippen molar-refractivity contribution in [2.75, 3.05) is 0 Å². The Balaban J connectivity index is 1.93. The van der Waals surface area contributed by atoms with E-state index in [1.54, 1.807) is 0 Å². The van der Waals surface area contributed by atoms with Gasteiger partial charge in [-0.25, -0.2) is 0 Å². The lowest BCUT2D eigenvalue weighted by Gasteiger charge is -2.02. The minimum Gasteiger partial charge on any atom is -0.292 e. The van der Waals surface area contributed by atoms with Crippen LogP contribution in [0.25, 0.3) is 0 Å². The Labute approximate surface area is 83.1 Å². The predicted octanol–water partition coefficient (Wildman–Crippen LogP) is 1.98. The summed E-state index contributed by atoms with van der Waals surface area (Å²) in [5.74, 6) is 0.556. The molecule has 1 aliphatic carbocycles. The first kappa shape index (κ1) is 8.21. The molecule has 1 fully saturated rings. The van der Waals surface area contributed by atoms with Gasteiger partial charge in [0.05, 0.1) is 0 Å². The molecule has 0 amide bonds. The minimum atomic E-state index is 0.263. The van der Waals surface area contributed by atoms with E-state index in [1.165, 1.54) is 12.1 Å². The first-order chi connectivity index (χ1) is 6.75. The fourth-order valence-electron chi connectivity index (χ4n) is 2.16. The number of aromatic nitrogens is 2. The number of carbonyl (C=O) groups excluding carboxylic acids is 1. The Morgan fingerprint density at radius 1 is 1.50 bits per heavy atom. The second-order valence-electron chi connectivity index (χ2n) is 4.49. The van der Waals surface area contributed by atoms with Crippen molar-refractivity contribution < 1.29 is 4.79 Å². The van der Waals surface area contributed by atoms with E-state index in [2.05, 4.69) is 12.0 Å². The number of ketones is 1. The third-order valence-electron chi connectivity index (χ3n) is 3.25. The van der Waals surface area contributed by atoms with Crippen molar-refractivity contribution in [3.8, 4) is 0 Å². The summed E-state index contributed by atoms with van der Waals surface area (Å²) < 4.78 is 2.02. The van der Waals surface area contributed by atoms with Crippen molar-refractivity contribution in [1.29, 1.82) is 0 Å². The zero-order valence-corrected chi connectivity index (χ0v) is 8.36. The molecule has 0 saturated heterocycles. The second kappa shape index (κ2) is 2.69. The van der Waals surface area contributed by atoms with Gasteiger partial charge in [0, 0.05) is 17.7 Å². The average molecular weight is 190 g/mol. The van der Waals surface area contributed by atoms with E-state index in [1.807, 2.05) is 10.7 Å². The molecule has 74 valence electrons. The SMILES string of the molecule is CC1CCc2cc(C(=O)C3CC3)nn21. The highest BCUT2D eigenvalue weighted by Gasteiger charge is 2.33. The smallest absolute Gasteiger partial charge is 0.186 e. The molecule has 1 aliphatic heterocycles. The highest BCUT2D eigenvalue weighted by Crippen LogP contribution is 2.33. The largest absolute Gasteiger partial charge is 0.292 e. The number of fused-ring (bicyclic) bond motifs is 1. The molecule has 3 rings (SSSR count). The number of aryl methyl sites for hydroxylation is 1. The molecular formula is C11H14N2O. The third-order valence-corrected chi connectivity index (χ3v) is 3.25. The van der Waals surface area contributed by atoms with Crippen LogP contribution in [0.3, 0.4) is 0 Å². The highest BCUT2D eigenvalue weighted by atomic mass is 16.1. The molecule has 0 bridgehead atoms. The van der Waals surface area contributed by atoms with Crippen LogP contribution in [-0.2, 0) is 6.42 Å². The van der Waals surface area contributed by atoms with Gasteiger partial charge in [-0.2, -0.15) is 5.10 Å². The van der Waals surface area contributed by atoms with E-state index in [0.29, 0.717) is 17.7 Å². The quantitative estimate of drug-likeness (QED) is 0.668. The maximum absolute atomic E-state index is 11.7. The molecule has 1 atom stereocenters. The van der Waals surface area contributed by atoms with Crippen LogP contribution in [-0.4, -0.2) is 15.6 Å². The Morgan fingerprint density at radius 3 is 2.93 bits per heavy atom. The molecule has 0 N–H and O–H groups in total. The van der Waals surface area contributed by atoms with E-state index < -0.39 is 0 Å². The monoisotopic (exact) mass is 190 g/mol. The Hall–Kier alpha value is -1.12. The summed E-state index contributed by atoms with van der Waals surface area (Å²) in [4.78, 5) is 11.7. The lowest BCUT2D eigenvalue weighted by atomic mass is 10.1. The number of rotatable bonds is 2. The van der Waals surface area contributed by atoms with Crippen molar-refractivity contribution in [2.24, 2.45) is 5.92 Å². The van der Waals surface area contributed by atoms with Crippen LogP contribution < -0.4 is 0 Å². The van der Waals surface area contributed by atoms with Gasteiger partial charge in [0.2, 0.25) is 0 Å². The Kier molecular flexibility index (Phi) is 1.58. The molecule has 1 saturated carbocycles. The standard InChI is InChI=1S/C11H14N2O/c1-7-2-5-9-6-10(12-13(7)9)11(14)8-3-4-8/h6-8H,2-5H2,1H3. The summed E-state index contributed by atoms with van der Waals surface area (Å²) in [6.07, 6.45) is 4.37. The van der Waals surface area contributed by atoms with Gasteiger partial charge < -0.3 is 0 Å². The topological polar surface area (TPSA) is 34.9 Å². The van der Waals surface area contributed by atoms with Crippen LogP contribution in [0.1, 0.15) is 48.4 Å². The van der Waals surface area contributed by atoms with E-state index in [4.69, 9.17) is 0 Å². The Bertz CT molecular complexity index is 390. The van der Waals surface area contributed by atoms with Crippen molar-refractivity contribution in [2.45, 2.75) is 38.6 Å². The van der Waals surface area contributed by atoms with Crippen LogP contribution in [0.5, 0.6) is 0 Å². The van der Waals surface area contributed by atoms with Crippen LogP contribution in [0.2, 0.25) is 0 Å². The molecule has 3 nitrogen and oxygen atoms in total. The average Bonchev–Trinajstić information content (AvgIpc) is 2.84. The summed E-state index contributed by atoms with van der Waals surface area (Å²) >= 11 is 0. The molecule has 2 aliphatic rings. The summed E-state index contributed by atoms with van der Waals surface area (Å²) in [5, 5.41) is 4.40. The van der Waals surface area contributed by atoms with Crippen LogP contribution in [0.15, 0.2) is 6.07 Å². The minimum absolute atomic E-state index is 0.263. The molecule has 0 radical (unpaired) electrons. The number of hydrogen-bond acceptors (Lipinski definition) is 2. The van der Waals surface area contributed by atoms with Gasteiger partial charge in [0.25, 0.3) is 0 Å². The summed E-state index contributed by atoms with van der Waals surface area (Å²) in [6.45, 7) is 2.16. The molecule has 14 heavy (non-hydrogen) atoms. The van der Waals surface area contributed by atoms with Gasteiger partial charge in [-0.1, -0.05) is 0 Å². The van der Waals surface area contributed by atoms with Gasteiger partial charge >= 0.3 is 0 Å². The molecule has 1 aromatic rings. The zero-order valence-electron chi connectivity index (χ0n) is 8.36. The normalized spacial score (nSPS) is 25.1. The highest BCUT2D eigenvalue weighted by molar-refractivity contribution is 5.97. The van der Waals surface area contributed by atoms with E-state index >= 15 is 0 Å². The van der Waals surface area contributed by atoms with Crippen LogP contribution in [0, 0.1) is 5.92 Å². The molecule has 0 spiro atoms. The molecule has 0 aromatic carbocycles. The van der Waals surface area contributed by atoms with Gasteiger partial charge in [-0.3, -0.25) is 9.48 Å². The summed E-state index contributed by atoms with van der Waals surface area (Å²) in [6, 6.07) is 2.47. The zero-order chi connectivity index (χ0) is 9.71. The van der Waals surface area contributed by atoms with E-state index in [-0.39, 0.29) is 5.78 Å². The molecule has 1 unspecified atom stereocenters. The van der Waals surface area contributed by atoms with Crippen molar-refractivity contribution in [3.63, 3.8) is 0 Å². The fourth-order valence-corrected chi connectivity index (χ4v) is 2.16. The van der Waals surface area contributed by atoms with Crippen LogP contribution in [0.4, 0.5) is 0 Å². The number of carbonyl (C=O) groups is 1. The van der Waals surface area contributed by atoms with Gasteiger partial charge in [-0.05, 0) is 38.7 Å². The predicted molar refractivity (Wildman–Crippen MR) is 52.3 cm³/mol. The lowest BCUT2D eigenvalue weighted by molar-refractivity contribution is 0.0961. The van der Waals surface area contributed by atoms with Crippen molar-refractivity contribution >= 4 is 5.78 Å². The summed E-state index contributed by atoms with van der Waals surface area (Å²) in [5.41, 5.74) is 1.94.